The van der Waals surface area contributed by atoms with Crippen LogP contribution in [0.5, 0.6) is 0 Å². The molecule has 0 unspecified atom stereocenters. The Hall–Kier alpha value is 0.250. The molecule has 0 aromatic carbocycles. The molecular formula is C8H12IN3S. The van der Waals surface area contributed by atoms with Crippen LogP contribution < -0.4 is 0 Å². The highest BCUT2D eigenvalue weighted by Gasteiger charge is 2.18. The van der Waals surface area contributed by atoms with Crippen molar-refractivity contribution in [1.29, 1.82) is 0 Å². The molecule has 1 aromatic rings. The van der Waals surface area contributed by atoms with Gasteiger partial charge in [0.2, 0.25) is 0 Å². The first-order valence-corrected chi connectivity index (χ1v) is 6.26. The highest BCUT2D eigenvalue weighted by molar-refractivity contribution is 14.1. The van der Waals surface area contributed by atoms with Gasteiger partial charge in [0, 0.05) is 53.6 Å². The summed E-state index contributed by atoms with van der Waals surface area (Å²) in [6, 6.07) is 0. The molecule has 1 N–H and O–H groups in total. The van der Waals surface area contributed by atoms with Crippen molar-refractivity contribution in [2.45, 2.75) is 23.2 Å². The lowest BCUT2D eigenvalue weighted by atomic mass is 10.2. The van der Waals surface area contributed by atoms with E-state index in [-0.39, 0.29) is 0 Å². The second-order valence-electron chi connectivity index (χ2n) is 3.12. The molecule has 0 spiro atoms. The number of piperidine rings is 1. The first kappa shape index (κ1) is 9.79. The standard InChI is InChI=1S/C8H12IN3S/c9-12-5-1-7(2-6-12)13-8-10-3-4-11-8/h3-4,7H,1-2,5-6H2,(H,10,11). The van der Waals surface area contributed by atoms with Crippen LogP contribution in [0.1, 0.15) is 12.8 Å². The van der Waals surface area contributed by atoms with Crippen molar-refractivity contribution in [3.8, 4) is 0 Å². The number of aromatic nitrogens is 2. The summed E-state index contributed by atoms with van der Waals surface area (Å²) in [5.74, 6) is 0. The van der Waals surface area contributed by atoms with Gasteiger partial charge in [-0.2, -0.15) is 0 Å². The number of H-pyrrole nitrogens is 1. The summed E-state index contributed by atoms with van der Waals surface area (Å²) in [4.78, 5) is 7.35. The normalized spacial score (nSPS) is 20.7. The van der Waals surface area contributed by atoms with Gasteiger partial charge in [0.25, 0.3) is 0 Å². The van der Waals surface area contributed by atoms with E-state index in [0.717, 1.165) is 10.4 Å². The first-order valence-electron chi connectivity index (χ1n) is 4.41. The van der Waals surface area contributed by atoms with E-state index in [2.05, 4.69) is 35.9 Å². The lowest BCUT2D eigenvalue weighted by Crippen LogP contribution is -2.27. The fraction of sp³-hybridized carbons (Fsp3) is 0.625. The van der Waals surface area contributed by atoms with Crippen molar-refractivity contribution < 1.29 is 0 Å². The zero-order chi connectivity index (χ0) is 9.10. The molecule has 1 saturated heterocycles. The predicted octanol–water partition coefficient (Wildman–Crippen LogP) is 2.32. The van der Waals surface area contributed by atoms with Gasteiger partial charge in [-0.25, -0.2) is 8.10 Å². The fourth-order valence-electron chi connectivity index (χ4n) is 1.42. The maximum Gasteiger partial charge on any atom is 0.165 e. The number of aromatic amines is 1. The molecule has 0 radical (unpaired) electrons. The lowest BCUT2D eigenvalue weighted by Gasteiger charge is -2.26. The van der Waals surface area contributed by atoms with Crippen LogP contribution in [0.2, 0.25) is 0 Å². The Morgan fingerprint density at radius 1 is 1.54 bits per heavy atom. The molecule has 3 nitrogen and oxygen atoms in total. The van der Waals surface area contributed by atoms with Crippen LogP contribution in [0.15, 0.2) is 17.6 Å². The van der Waals surface area contributed by atoms with Crippen molar-refractivity contribution >= 4 is 34.6 Å². The Balaban J connectivity index is 1.83. The summed E-state index contributed by atoms with van der Waals surface area (Å²) < 4.78 is 2.36. The molecule has 72 valence electrons. The van der Waals surface area contributed by atoms with E-state index in [9.17, 15) is 0 Å². The Labute approximate surface area is 96.2 Å². The fourth-order valence-corrected chi connectivity index (χ4v) is 2.99. The Morgan fingerprint density at radius 2 is 2.31 bits per heavy atom. The van der Waals surface area contributed by atoms with Crippen molar-refractivity contribution in [1.82, 2.24) is 13.1 Å². The number of thioether (sulfide) groups is 1. The van der Waals surface area contributed by atoms with Gasteiger partial charge in [0.05, 0.1) is 0 Å². The zero-order valence-electron chi connectivity index (χ0n) is 7.24. The maximum absolute atomic E-state index is 4.22. The number of hydrogen-bond donors (Lipinski definition) is 1. The van der Waals surface area contributed by atoms with Crippen LogP contribution in [0.3, 0.4) is 0 Å². The maximum atomic E-state index is 4.22. The summed E-state index contributed by atoms with van der Waals surface area (Å²) >= 11 is 4.27. The van der Waals surface area contributed by atoms with E-state index in [4.69, 9.17) is 0 Å². The van der Waals surface area contributed by atoms with Crippen LogP contribution in [0, 0.1) is 0 Å². The molecule has 1 aliphatic rings. The number of nitrogens with zero attached hydrogens (tertiary/aromatic N) is 2. The predicted molar refractivity (Wildman–Crippen MR) is 63.1 cm³/mol. The van der Waals surface area contributed by atoms with Crippen LogP contribution in [0.25, 0.3) is 0 Å². The quantitative estimate of drug-likeness (QED) is 0.672. The second-order valence-corrected chi connectivity index (χ2v) is 5.77. The Bertz CT molecular complexity index is 244. The second kappa shape index (κ2) is 4.65. The van der Waals surface area contributed by atoms with Gasteiger partial charge in [-0.1, -0.05) is 11.8 Å². The average molecular weight is 309 g/mol. The van der Waals surface area contributed by atoms with E-state index in [1.807, 2.05) is 24.2 Å². The number of nitrogens with one attached hydrogen (secondary N) is 1. The minimum absolute atomic E-state index is 0.747. The minimum atomic E-state index is 0.747. The topological polar surface area (TPSA) is 31.9 Å². The summed E-state index contributed by atoms with van der Waals surface area (Å²) in [6.45, 7) is 2.41. The van der Waals surface area contributed by atoms with E-state index in [0.29, 0.717) is 0 Å². The molecule has 2 heterocycles. The summed E-state index contributed by atoms with van der Waals surface area (Å²) in [5, 5.41) is 1.81. The third-order valence-electron chi connectivity index (χ3n) is 2.14. The highest BCUT2D eigenvalue weighted by atomic mass is 127. The molecule has 0 bridgehead atoms. The number of hydrogen-bond acceptors (Lipinski definition) is 3. The number of halogens is 1. The molecule has 0 amide bonds. The van der Waals surface area contributed by atoms with E-state index >= 15 is 0 Å². The smallest absolute Gasteiger partial charge is 0.165 e. The molecule has 2 rings (SSSR count). The van der Waals surface area contributed by atoms with Crippen molar-refractivity contribution in [2.24, 2.45) is 0 Å². The average Bonchev–Trinajstić information content (AvgIpc) is 2.62. The van der Waals surface area contributed by atoms with E-state index < -0.39 is 0 Å². The molecule has 1 aromatic heterocycles. The van der Waals surface area contributed by atoms with Gasteiger partial charge in [0.15, 0.2) is 5.16 Å². The SMILES string of the molecule is IN1CCC(Sc2ncc[nH]2)CC1. The minimum Gasteiger partial charge on any atom is -0.340 e. The van der Waals surface area contributed by atoms with Gasteiger partial charge in [-0.3, -0.25) is 0 Å². The zero-order valence-corrected chi connectivity index (χ0v) is 10.2. The van der Waals surface area contributed by atoms with Crippen LogP contribution in [0.4, 0.5) is 0 Å². The van der Waals surface area contributed by atoms with Gasteiger partial charge in [0.1, 0.15) is 0 Å². The van der Waals surface area contributed by atoms with Crippen LogP contribution in [-0.4, -0.2) is 31.4 Å². The Morgan fingerprint density at radius 3 is 2.92 bits per heavy atom. The number of rotatable bonds is 2. The van der Waals surface area contributed by atoms with Crippen molar-refractivity contribution in [3.63, 3.8) is 0 Å². The number of imidazole rings is 1. The molecule has 13 heavy (non-hydrogen) atoms. The largest absolute Gasteiger partial charge is 0.340 e. The third kappa shape index (κ3) is 2.85. The van der Waals surface area contributed by atoms with E-state index in [1.165, 1.54) is 25.9 Å². The molecule has 0 atom stereocenters. The molecule has 1 aliphatic heterocycles. The molecule has 1 fully saturated rings. The van der Waals surface area contributed by atoms with Crippen molar-refractivity contribution in [2.75, 3.05) is 13.1 Å². The highest BCUT2D eigenvalue weighted by Crippen LogP contribution is 2.28. The summed E-state index contributed by atoms with van der Waals surface area (Å²) in [6.07, 6.45) is 6.24. The summed E-state index contributed by atoms with van der Waals surface area (Å²) in [7, 11) is 0. The first-order chi connectivity index (χ1) is 6.34. The van der Waals surface area contributed by atoms with Crippen LogP contribution >= 0.6 is 34.6 Å². The van der Waals surface area contributed by atoms with E-state index in [1.54, 1.807) is 0 Å². The third-order valence-corrected chi connectivity index (χ3v) is 4.35. The van der Waals surface area contributed by atoms with Gasteiger partial charge < -0.3 is 4.98 Å². The van der Waals surface area contributed by atoms with Gasteiger partial charge in [-0.05, 0) is 12.8 Å². The molecule has 5 heteroatoms. The molecule has 0 aliphatic carbocycles. The Kier molecular flexibility index (Phi) is 3.51. The molecular weight excluding hydrogens is 297 g/mol. The monoisotopic (exact) mass is 309 g/mol. The summed E-state index contributed by atoms with van der Waals surface area (Å²) in [5.41, 5.74) is 0. The molecule has 0 saturated carbocycles. The van der Waals surface area contributed by atoms with Gasteiger partial charge in [-0.15, -0.1) is 0 Å². The van der Waals surface area contributed by atoms with Crippen LogP contribution in [-0.2, 0) is 0 Å². The lowest BCUT2D eigenvalue weighted by molar-refractivity contribution is 0.415. The van der Waals surface area contributed by atoms with Crippen molar-refractivity contribution in [3.05, 3.63) is 12.4 Å². The van der Waals surface area contributed by atoms with Gasteiger partial charge >= 0.3 is 0 Å².